The number of nitrogens with zero attached hydrogens (tertiary/aromatic N) is 2. The highest BCUT2D eigenvalue weighted by molar-refractivity contribution is 7.20. The number of methoxy groups -OCH3 is 1. The normalized spacial score (nSPS) is 10.7. The highest BCUT2D eigenvalue weighted by Gasteiger charge is 2.21. The van der Waals surface area contributed by atoms with Gasteiger partial charge in [0.25, 0.3) is 11.5 Å². The molecule has 0 aliphatic rings. The van der Waals surface area contributed by atoms with Crippen LogP contribution in [0.2, 0.25) is 0 Å². The third-order valence-electron chi connectivity index (χ3n) is 4.04. The van der Waals surface area contributed by atoms with E-state index in [2.05, 4.69) is 10.3 Å². The van der Waals surface area contributed by atoms with E-state index in [1.165, 1.54) is 18.0 Å². The number of amides is 1. The van der Waals surface area contributed by atoms with E-state index in [0.717, 1.165) is 11.3 Å². The Balaban J connectivity index is 2.02. The van der Waals surface area contributed by atoms with Crippen molar-refractivity contribution < 1.29 is 14.3 Å². The molecule has 3 aromatic rings. The molecule has 2 heterocycles. The van der Waals surface area contributed by atoms with E-state index < -0.39 is 11.9 Å². The summed E-state index contributed by atoms with van der Waals surface area (Å²) in [5, 5.41) is 3.18. The molecular formula is C18H17N3O4S. The van der Waals surface area contributed by atoms with Crippen LogP contribution in [-0.4, -0.2) is 28.5 Å². The smallest absolute Gasteiger partial charge is 0.339 e. The first kappa shape index (κ1) is 17.8. The molecule has 1 N–H and O–H groups in total. The van der Waals surface area contributed by atoms with Crippen molar-refractivity contribution in [2.24, 2.45) is 0 Å². The summed E-state index contributed by atoms with van der Waals surface area (Å²) in [6.45, 7) is 4.09. The van der Waals surface area contributed by atoms with Gasteiger partial charge in [-0.15, -0.1) is 11.3 Å². The first-order valence-corrected chi connectivity index (χ1v) is 8.76. The zero-order valence-electron chi connectivity index (χ0n) is 14.5. The molecule has 0 aliphatic heterocycles. The molecule has 0 saturated carbocycles. The lowest BCUT2D eigenvalue weighted by atomic mass is 10.1. The number of carbonyl (C=O) groups is 2. The number of nitrogens with one attached hydrogen (secondary N) is 1. The van der Waals surface area contributed by atoms with Crippen LogP contribution >= 0.6 is 11.3 Å². The number of anilines is 1. The van der Waals surface area contributed by atoms with E-state index in [4.69, 9.17) is 4.74 Å². The van der Waals surface area contributed by atoms with Crippen LogP contribution in [0.15, 0.2) is 35.4 Å². The van der Waals surface area contributed by atoms with Gasteiger partial charge in [0.05, 0.1) is 35.0 Å². The zero-order valence-corrected chi connectivity index (χ0v) is 15.3. The maximum Gasteiger partial charge on any atom is 0.339 e. The summed E-state index contributed by atoms with van der Waals surface area (Å²) in [4.78, 5) is 42.3. The summed E-state index contributed by atoms with van der Waals surface area (Å²) in [6, 6.07) is 6.58. The largest absolute Gasteiger partial charge is 0.465 e. The molecule has 0 atom stereocenters. The standard InChI is InChI=1S/C18H17N3O4S/c1-4-21-9-19-16-13(17(21)23)10(2)14(26-16)15(22)20-12-8-6-5-7-11(12)18(24)25-3/h5-9H,4H2,1-3H3,(H,20,22). The number of aryl methyl sites for hydroxylation is 2. The van der Waals surface area contributed by atoms with Gasteiger partial charge in [-0.3, -0.25) is 14.2 Å². The van der Waals surface area contributed by atoms with Gasteiger partial charge in [0, 0.05) is 6.54 Å². The van der Waals surface area contributed by atoms with Crippen LogP contribution in [0.5, 0.6) is 0 Å². The Labute approximate surface area is 153 Å². The third kappa shape index (κ3) is 2.99. The SMILES string of the molecule is CCn1cnc2sc(C(=O)Nc3ccccc3C(=O)OC)c(C)c2c1=O. The fraction of sp³-hybridized carbons (Fsp3) is 0.222. The quantitative estimate of drug-likeness (QED) is 0.712. The number of hydrogen-bond donors (Lipinski definition) is 1. The van der Waals surface area contributed by atoms with Crippen molar-refractivity contribution in [3.05, 3.63) is 57.0 Å². The average Bonchev–Trinajstić information content (AvgIpc) is 2.99. The number of esters is 1. The second kappa shape index (κ2) is 7.09. The van der Waals surface area contributed by atoms with E-state index in [0.29, 0.717) is 32.9 Å². The molecule has 8 heteroatoms. The molecule has 0 bridgehead atoms. The van der Waals surface area contributed by atoms with Gasteiger partial charge in [0.2, 0.25) is 0 Å². The summed E-state index contributed by atoms with van der Waals surface area (Å²) in [7, 11) is 1.28. The zero-order chi connectivity index (χ0) is 18.8. The first-order valence-electron chi connectivity index (χ1n) is 7.95. The molecule has 0 fully saturated rings. The number of ether oxygens (including phenoxy) is 1. The highest BCUT2D eigenvalue weighted by atomic mass is 32.1. The minimum atomic E-state index is -0.540. The fourth-order valence-corrected chi connectivity index (χ4v) is 3.69. The summed E-state index contributed by atoms with van der Waals surface area (Å²) >= 11 is 1.15. The average molecular weight is 371 g/mol. The van der Waals surface area contributed by atoms with E-state index >= 15 is 0 Å². The Bertz CT molecular complexity index is 1070. The summed E-state index contributed by atoms with van der Waals surface area (Å²) in [5.74, 6) is -0.939. The van der Waals surface area contributed by atoms with Gasteiger partial charge in [0.15, 0.2) is 0 Å². The fourth-order valence-electron chi connectivity index (χ4n) is 2.66. The Morgan fingerprint density at radius 2 is 2.04 bits per heavy atom. The van der Waals surface area contributed by atoms with Crippen LogP contribution in [0.4, 0.5) is 5.69 Å². The maximum absolute atomic E-state index is 12.7. The molecule has 0 unspecified atom stereocenters. The van der Waals surface area contributed by atoms with E-state index in [9.17, 15) is 14.4 Å². The van der Waals surface area contributed by atoms with Gasteiger partial charge in [-0.1, -0.05) is 12.1 Å². The lowest BCUT2D eigenvalue weighted by Gasteiger charge is -2.09. The topological polar surface area (TPSA) is 90.3 Å². The number of fused-ring (bicyclic) bond motifs is 1. The molecule has 26 heavy (non-hydrogen) atoms. The lowest BCUT2D eigenvalue weighted by molar-refractivity contribution is 0.0602. The van der Waals surface area contributed by atoms with Crippen LogP contribution < -0.4 is 10.9 Å². The van der Waals surface area contributed by atoms with E-state index in [1.54, 1.807) is 31.2 Å². The van der Waals surface area contributed by atoms with Crippen molar-refractivity contribution in [3.63, 3.8) is 0 Å². The minimum Gasteiger partial charge on any atom is -0.465 e. The molecule has 2 aromatic heterocycles. The van der Waals surface area contributed by atoms with Gasteiger partial charge in [-0.05, 0) is 31.5 Å². The van der Waals surface area contributed by atoms with Crippen LogP contribution in [0.1, 0.15) is 32.5 Å². The van der Waals surface area contributed by atoms with Crippen LogP contribution in [0, 0.1) is 6.92 Å². The predicted molar refractivity (Wildman–Crippen MR) is 100 cm³/mol. The van der Waals surface area contributed by atoms with Gasteiger partial charge in [-0.2, -0.15) is 0 Å². The van der Waals surface area contributed by atoms with Gasteiger partial charge in [0.1, 0.15) is 4.83 Å². The number of carbonyl (C=O) groups excluding carboxylic acids is 2. The first-order chi connectivity index (χ1) is 12.5. The molecule has 1 aromatic carbocycles. The Morgan fingerprint density at radius 3 is 2.73 bits per heavy atom. The van der Waals surface area contributed by atoms with E-state index in [-0.39, 0.29) is 11.1 Å². The molecule has 0 aliphatic carbocycles. The van der Waals surface area contributed by atoms with Crippen molar-refractivity contribution >= 4 is 39.1 Å². The molecule has 0 radical (unpaired) electrons. The highest BCUT2D eigenvalue weighted by Crippen LogP contribution is 2.28. The van der Waals surface area contributed by atoms with E-state index in [1.807, 2.05) is 6.92 Å². The van der Waals surface area contributed by atoms with Crippen LogP contribution in [0.3, 0.4) is 0 Å². The molecule has 0 saturated heterocycles. The monoisotopic (exact) mass is 371 g/mol. The summed E-state index contributed by atoms with van der Waals surface area (Å²) in [6.07, 6.45) is 1.48. The lowest BCUT2D eigenvalue weighted by Crippen LogP contribution is -2.19. The van der Waals surface area contributed by atoms with Crippen molar-refractivity contribution in [2.75, 3.05) is 12.4 Å². The molecule has 1 amide bonds. The Morgan fingerprint density at radius 1 is 1.31 bits per heavy atom. The second-order valence-electron chi connectivity index (χ2n) is 5.56. The Kier molecular flexibility index (Phi) is 4.85. The number of thiophene rings is 1. The molecule has 3 rings (SSSR count). The molecular weight excluding hydrogens is 354 g/mol. The maximum atomic E-state index is 12.7. The van der Waals surface area contributed by atoms with Gasteiger partial charge < -0.3 is 10.1 Å². The predicted octanol–water partition coefficient (Wildman–Crippen LogP) is 2.83. The molecule has 134 valence electrons. The number of aromatic nitrogens is 2. The number of benzene rings is 1. The molecule has 0 spiro atoms. The van der Waals surface area contributed by atoms with Gasteiger partial charge in [-0.25, -0.2) is 9.78 Å². The van der Waals surface area contributed by atoms with Crippen LogP contribution in [0.25, 0.3) is 10.2 Å². The summed E-state index contributed by atoms with van der Waals surface area (Å²) < 4.78 is 6.23. The van der Waals surface area contributed by atoms with Crippen molar-refractivity contribution in [2.45, 2.75) is 20.4 Å². The number of rotatable bonds is 4. The molecule has 7 nitrogen and oxygen atoms in total. The summed E-state index contributed by atoms with van der Waals surface area (Å²) in [5.41, 5.74) is 1.02. The van der Waals surface area contributed by atoms with Gasteiger partial charge >= 0.3 is 5.97 Å². The second-order valence-corrected chi connectivity index (χ2v) is 6.56. The van der Waals surface area contributed by atoms with Crippen LogP contribution in [-0.2, 0) is 11.3 Å². The number of para-hydroxylation sites is 1. The Hall–Kier alpha value is -3.00. The van der Waals surface area contributed by atoms with Crippen molar-refractivity contribution in [1.82, 2.24) is 9.55 Å². The minimum absolute atomic E-state index is 0.166. The van der Waals surface area contributed by atoms with Crippen molar-refractivity contribution in [3.8, 4) is 0 Å². The van der Waals surface area contributed by atoms with Crippen molar-refractivity contribution in [1.29, 1.82) is 0 Å². The number of hydrogen-bond acceptors (Lipinski definition) is 6. The third-order valence-corrected chi connectivity index (χ3v) is 5.24.